The average Bonchev–Trinajstić information content (AvgIpc) is 2.44. The van der Waals surface area contributed by atoms with Gasteiger partial charge in [0.05, 0.1) is 6.61 Å². The second-order valence-corrected chi connectivity index (χ2v) is 4.54. The molecule has 6 heteroatoms. The van der Waals surface area contributed by atoms with Crippen LogP contribution in [-0.2, 0) is 9.53 Å². The maximum atomic E-state index is 11.3. The first-order valence-electron chi connectivity index (χ1n) is 6.34. The van der Waals surface area contributed by atoms with E-state index in [4.69, 9.17) is 0 Å². The van der Waals surface area contributed by atoms with E-state index < -0.39 is 30.4 Å². The van der Waals surface area contributed by atoms with Crippen LogP contribution in [0.15, 0.2) is 24.3 Å². The van der Waals surface area contributed by atoms with Gasteiger partial charge in [-0.15, -0.1) is 0 Å². The number of aliphatic hydroxyl groups is 4. The second-order valence-electron chi connectivity index (χ2n) is 4.54. The molecule has 4 atom stereocenters. The molecular weight excluding hydrogens is 264 g/mol. The highest BCUT2D eigenvalue weighted by atomic mass is 16.5. The molecule has 0 aliphatic rings. The Morgan fingerprint density at radius 2 is 1.85 bits per heavy atom. The number of aryl methyl sites for hydroxylation is 1. The molecular formula is C14H20O6. The number of esters is 1. The Bertz CT molecular complexity index is 447. The minimum absolute atomic E-state index is 0.0408. The summed E-state index contributed by atoms with van der Waals surface area (Å²) in [7, 11) is 0. The normalized spacial score (nSPS) is 17.1. The highest BCUT2D eigenvalue weighted by molar-refractivity contribution is 5.75. The summed E-state index contributed by atoms with van der Waals surface area (Å²) in [6.45, 7) is 3.40. The highest BCUT2D eigenvalue weighted by Crippen LogP contribution is 2.21. The van der Waals surface area contributed by atoms with Crippen molar-refractivity contribution in [3.8, 4) is 0 Å². The molecule has 112 valence electrons. The molecule has 4 N–H and O–H groups in total. The van der Waals surface area contributed by atoms with Crippen LogP contribution >= 0.6 is 0 Å². The van der Waals surface area contributed by atoms with Crippen LogP contribution in [0, 0.1) is 6.92 Å². The summed E-state index contributed by atoms with van der Waals surface area (Å²) in [5.41, 5.74) is 1.25. The molecule has 0 saturated heterocycles. The van der Waals surface area contributed by atoms with Crippen LogP contribution in [0.4, 0.5) is 0 Å². The quantitative estimate of drug-likeness (QED) is 0.533. The smallest absolute Gasteiger partial charge is 0.337 e. The Morgan fingerprint density at radius 1 is 1.20 bits per heavy atom. The molecule has 0 fully saturated rings. The van der Waals surface area contributed by atoms with Crippen molar-refractivity contribution in [3.63, 3.8) is 0 Å². The van der Waals surface area contributed by atoms with Gasteiger partial charge >= 0.3 is 5.97 Å². The first-order chi connectivity index (χ1) is 9.38. The molecule has 0 aromatic heterocycles. The maximum absolute atomic E-state index is 11.3. The van der Waals surface area contributed by atoms with E-state index in [-0.39, 0.29) is 6.61 Å². The molecule has 0 heterocycles. The van der Waals surface area contributed by atoms with Gasteiger partial charge in [-0.1, -0.05) is 29.8 Å². The van der Waals surface area contributed by atoms with E-state index in [1.54, 1.807) is 25.1 Å². The van der Waals surface area contributed by atoms with Crippen molar-refractivity contribution in [3.05, 3.63) is 35.4 Å². The molecule has 1 aromatic carbocycles. The standard InChI is InChI=1S/C14H20O6/c1-3-20-14(19)13(18)12(17)11(16)10(15)9-6-4-5-8(2)7-9/h4-7,10-13,15-18H,3H2,1-2H3/t10-,11+,12-,13+/m0/s1. The van der Waals surface area contributed by atoms with Crippen LogP contribution in [0.25, 0.3) is 0 Å². The fraction of sp³-hybridized carbons (Fsp3) is 0.500. The molecule has 0 aliphatic carbocycles. The lowest BCUT2D eigenvalue weighted by atomic mass is 9.96. The Balaban J connectivity index is 2.77. The largest absolute Gasteiger partial charge is 0.464 e. The highest BCUT2D eigenvalue weighted by Gasteiger charge is 2.35. The Labute approximate surface area is 117 Å². The van der Waals surface area contributed by atoms with Gasteiger partial charge < -0.3 is 25.2 Å². The number of hydrogen-bond donors (Lipinski definition) is 4. The van der Waals surface area contributed by atoms with Crippen LogP contribution in [0.3, 0.4) is 0 Å². The van der Waals surface area contributed by atoms with Crippen LogP contribution in [0.1, 0.15) is 24.2 Å². The van der Waals surface area contributed by atoms with E-state index in [1.807, 2.05) is 13.0 Å². The molecule has 0 unspecified atom stereocenters. The Kier molecular flexibility index (Phi) is 6.09. The number of hydrogen-bond acceptors (Lipinski definition) is 6. The van der Waals surface area contributed by atoms with E-state index >= 15 is 0 Å². The van der Waals surface area contributed by atoms with Crippen molar-refractivity contribution in [2.45, 2.75) is 38.3 Å². The zero-order chi connectivity index (χ0) is 15.3. The van der Waals surface area contributed by atoms with Crippen LogP contribution < -0.4 is 0 Å². The summed E-state index contributed by atoms with van der Waals surface area (Å²) in [4.78, 5) is 11.3. The number of rotatable bonds is 6. The van der Waals surface area contributed by atoms with Gasteiger partial charge in [-0.3, -0.25) is 0 Å². The summed E-state index contributed by atoms with van der Waals surface area (Å²) < 4.78 is 4.54. The minimum Gasteiger partial charge on any atom is -0.464 e. The summed E-state index contributed by atoms with van der Waals surface area (Å²) in [6.07, 6.45) is -6.89. The van der Waals surface area contributed by atoms with Crippen molar-refractivity contribution in [2.24, 2.45) is 0 Å². The van der Waals surface area contributed by atoms with Crippen molar-refractivity contribution >= 4 is 5.97 Å². The maximum Gasteiger partial charge on any atom is 0.337 e. The lowest BCUT2D eigenvalue weighted by molar-refractivity contribution is -0.168. The van der Waals surface area contributed by atoms with Gasteiger partial charge in [0.1, 0.15) is 18.3 Å². The van der Waals surface area contributed by atoms with Crippen molar-refractivity contribution in [1.82, 2.24) is 0 Å². The van der Waals surface area contributed by atoms with Gasteiger partial charge in [0.15, 0.2) is 6.10 Å². The van der Waals surface area contributed by atoms with Crippen LogP contribution in [-0.4, -0.2) is 51.3 Å². The monoisotopic (exact) mass is 284 g/mol. The second kappa shape index (κ2) is 7.35. The first kappa shape index (κ1) is 16.6. The fourth-order valence-corrected chi connectivity index (χ4v) is 1.79. The summed E-state index contributed by atoms with van der Waals surface area (Å²) in [5, 5.41) is 39.1. The molecule has 6 nitrogen and oxygen atoms in total. The molecule has 0 amide bonds. The summed E-state index contributed by atoms with van der Waals surface area (Å²) >= 11 is 0. The van der Waals surface area contributed by atoms with Gasteiger partial charge in [-0.2, -0.15) is 0 Å². The van der Waals surface area contributed by atoms with E-state index in [9.17, 15) is 25.2 Å². The molecule has 1 aromatic rings. The Morgan fingerprint density at radius 3 is 2.40 bits per heavy atom. The topological polar surface area (TPSA) is 107 Å². The number of aliphatic hydroxyl groups excluding tert-OH is 4. The SMILES string of the molecule is CCOC(=O)[C@H](O)[C@@H](O)[C@H](O)[C@@H](O)c1cccc(C)c1. The molecule has 0 radical (unpaired) electrons. The lowest BCUT2D eigenvalue weighted by Crippen LogP contribution is -2.45. The average molecular weight is 284 g/mol. The molecule has 0 saturated carbocycles. The van der Waals surface area contributed by atoms with Gasteiger partial charge in [0.2, 0.25) is 0 Å². The Hall–Kier alpha value is -1.47. The zero-order valence-electron chi connectivity index (χ0n) is 11.4. The number of benzene rings is 1. The van der Waals surface area contributed by atoms with Crippen LogP contribution in [0.2, 0.25) is 0 Å². The number of carbonyl (C=O) groups excluding carboxylic acids is 1. The van der Waals surface area contributed by atoms with E-state index in [0.29, 0.717) is 5.56 Å². The molecule has 0 bridgehead atoms. The van der Waals surface area contributed by atoms with Gasteiger partial charge in [0.25, 0.3) is 0 Å². The van der Waals surface area contributed by atoms with Gasteiger partial charge in [0, 0.05) is 0 Å². The van der Waals surface area contributed by atoms with Crippen molar-refractivity contribution in [1.29, 1.82) is 0 Å². The summed E-state index contributed by atoms with van der Waals surface area (Å²) in [5.74, 6) is -1.05. The van der Waals surface area contributed by atoms with Gasteiger partial charge in [-0.25, -0.2) is 4.79 Å². The molecule has 20 heavy (non-hydrogen) atoms. The third-order valence-electron chi connectivity index (χ3n) is 2.91. The fourth-order valence-electron chi connectivity index (χ4n) is 1.79. The third-order valence-corrected chi connectivity index (χ3v) is 2.91. The first-order valence-corrected chi connectivity index (χ1v) is 6.34. The van der Waals surface area contributed by atoms with Crippen molar-refractivity contribution in [2.75, 3.05) is 6.61 Å². The summed E-state index contributed by atoms with van der Waals surface area (Å²) in [6, 6.07) is 6.71. The van der Waals surface area contributed by atoms with Gasteiger partial charge in [-0.05, 0) is 19.4 Å². The lowest BCUT2D eigenvalue weighted by Gasteiger charge is -2.25. The van der Waals surface area contributed by atoms with Crippen molar-refractivity contribution < 1.29 is 30.0 Å². The van der Waals surface area contributed by atoms with Crippen LogP contribution in [0.5, 0.6) is 0 Å². The molecule has 1 rings (SSSR count). The predicted octanol–water partition coefficient (Wildman–Crippen LogP) is -0.326. The van der Waals surface area contributed by atoms with E-state index in [1.165, 1.54) is 0 Å². The third kappa shape index (κ3) is 4.01. The number of carbonyl (C=O) groups is 1. The predicted molar refractivity (Wildman–Crippen MR) is 70.8 cm³/mol. The van der Waals surface area contributed by atoms with E-state index in [2.05, 4.69) is 4.74 Å². The number of ether oxygens (including phenoxy) is 1. The zero-order valence-corrected chi connectivity index (χ0v) is 11.4. The minimum atomic E-state index is -1.91. The molecule has 0 spiro atoms. The molecule has 0 aliphatic heterocycles. The van der Waals surface area contributed by atoms with E-state index in [0.717, 1.165) is 5.56 Å².